The zero-order valence-electron chi connectivity index (χ0n) is 13.7. The summed E-state index contributed by atoms with van der Waals surface area (Å²) in [4.78, 5) is 11.6. The Labute approximate surface area is 136 Å². The first-order valence-electron chi connectivity index (χ1n) is 7.14. The normalized spacial score (nSPS) is 11.7. The molecule has 0 radical (unpaired) electrons. The molecule has 0 aliphatic carbocycles. The molecule has 0 spiro atoms. The summed E-state index contributed by atoms with van der Waals surface area (Å²) < 4.78 is 27.1. The van der Waals surface area contributed by atoms with Crippen molar-refractivity contribution in [3.8, 4) is 0 Å². The van der Waals surface area contributed by atoms with E-state index in [9.17, 15) is 13.2 Å². The van der Waals surface area contributed by atoms with E-state index in [1.54, 1.807) is 37.5 Å². The van der Waals surface area contributed by atoms with Gasteiger partial charge in [-0.25, -0.2) is 12.7 Å². The lowest BCUT2D eigenvalue weighted by atomic mass is 10.2. The van der Waals surface area contributed by atoms with E-state index < -0.39 is 10.0 Å². The van der Waals surface area contributed by atoms with Crippen LogP contribution in [0.15, 0.2) is 46.2 Å². The summed E-state index contributed by atoms with van der Waals surface area (Å²) in [6.45, 7) is 2.41. The van der Waals surface area contributed by atoms with E-state index in [1.807, 2.05) is 6.92 Å². The van der Waals surface area contributed by atoms with E-state index in [0.29, 0.717) is 6.54 Å². The van der Waals surface area contributed by atoms with E-state index >= 15 is 0 Å². The van der Waals surface area contributed by atoms with Gasteiger partial charge in [-0.1, -0.05) is 12.1 Å². The third kappa shape index (κ3) is 3.80. The van der Waals surface area contributed by atoms with Crippen LogP contribution in [0.5, 0.6) is 0 Å². The molecule has 1 aromatic carbocycles. The molecule has 0 amide bonds. The Bertz CT molecular complexity index is 870. The second-order valence-corrected chi connectivity index (χ2v) is 7.76. The van der Waals surface area contributed by atoms with E-state index in [0.717, 1.165) is 16.8 Å². The average molecular weight is 335 g/mol. The van der Waals surface area contributed by atoms with Crippen molar-refractivity contribution < 1.29 is 8.42 Å². The summed E-state index contributed by atoms with van der Waals surface area (Å²) in [7, 11) is 1.25. The predicted molar refractivity (Wildman–Crippen MR) is 91.1 cm³/mol. The van der Waals surface area contributed by atoms with Crippen LogP contribution in [0.25, 0.3) is 0 Å². The van der Waals surface area contributed by atoms with Crippen LogP contribution >= 0.6 is 0 Å². The van der Waals surface area contributed by atoms with Gasteiger partial charge in [0.25, 0.3) is 0 Å². The highest BCUT2D eigenvalue weighted by Crippen LogP contribution is 2.22. The van der Waals surface area contributed by atoms with Gasteiger partial charge in [0.15, 0.2) is 0 Å². The molecule has 0 fully saturated rings. The van der Waals surface area contributed by atoms with Crippen molar-refractivity contribution in [3.05, 3.63) is 58.0 Å². The molecule has 7 heteroatoms. The van der Waals surface area contributed by atoms with Crippen molar-refractivity contribution in [2.75, 3.05) is 19.4 Å². The first kappa shape index (κ1) is 17.2. The average Bonchev–Trinajstić information content (AvgIpc) is 2.49. The van der Waals surface area contributed by atoms with Crippen LogP contribution in [0.3, 0.4) is 0 Å². The number of aryl methyl sites for hydroxylation is 2. The molecule has 1 heterocycles. The van der Waals surface area contributed by atoms with Crippen LogP contribution in [-0.2, 0) is 23.6 Å². The number of pyridine rings is 1. The zero-order chi connectivity index (χ0) is 17.2. The van der Waals surface area contributed by atoms with Gasteiger partial charge >= 0.3 is 0 Å². The number of rotatable bonds is 5. The third-order valence-corrected chi connectivity index (χ3v) is 5.43. The molecule has 23 heavy (non-hydrogen) atoms. The standard InChI is InChI=1S/C16H21N3O3S/c1-12-5-7-14(23(21,22)18(2)3)9-15(12)17-10-13-6-8-16(20)19(4)11-13/h5-9,11,17H,10H2,1-4H3. The van der Waals surface area contributed by atoms with Crippen molar-refractivity contribution in [1.82, 2.24) is 8.87 Å². The van der Waals surface area contributed by atoms with Gasteiger partial charge in [-0.3, -0.25) is 4.79 Å². The van der Waals surface area contributed by atoms with E-state index in [2.05, 4.69) is 5.32 Å². The molecule has 1 N–H and O–H groups in total. The van der Waals surface area contributed by atoms with E-state index in [4.69, 9.17) is 0 Å². The first-order chi connectivity index (χ1) is 10.7. The van der Waals surface area contributed by atoms with Crippen molar-refractivity contribution >= 4 is 15.7 Å². The van der Waals surface area contributed by atoms with E-state index in [-0.39, 0.29) is 10.5 Å². The lowest BCUT2D eigenvalue weighted by Gasteiger charge is -2.15. The summed E-state index contributed by atoms with van der Waals surface area (Å²) in [5, 5.41) is 3.23. The Balaban J connectivity index is 2.26. The summed E-state index contributed by atoms with van der Waals surface area (Å²) in [6.07, 6.45) is 1.76. The summed E-state index contributed by atoms with van der Waals surface area (Å²) >= 11 is 0. The van der Waals surface area contributed by atoms with Gasteiger partial charge < -0.3 is 9.88 Å². The number of hydrogen-bond donors (Lipinski definition) is 1. The van der Waals surface area contributed by atoms with Crippen LogP contribution in [0.2, 0.25) is 0 Å². The third-order valence-electron chi connectivity index (χ3n) is 3.62. The monoisotopic (exact) mass is 335 g/mol. The largest absolute Gasteiger partial charge is 0.381 e. The molecule has 0 aliphatic rings. The highest BCUT2D eigenvalue weighted by molar-refractivity contribution is 7.89. The molecular weight excluding hydrogens is 314 g/mol. The Morgan fingerprint density at radius 1 is 1.17 bits per heavy atom. The van der Waals surface area contributed by atoms with Gasteiger partial charge in [-0.2, -0.15) is 0 Å². The maximum absolute atomic E-state index is 12.2. The minimum Gasteiger partial charge on any atom is -0.381 e. The Hall–Kier alpha value is -2.12. The van der Waals surface area contributed by atoms with Gasteiger partial charge in [-0.15, -0.1) is 0 Å². The SMILES string of the molecule is Cc1ccc(S(=O)(=O)N(C)C)cc1NCc1ccc(=O)n(C)c1. The smallest absolute Gasteiger partial charge is 0.250 e. The van der Waals surface area contributed by atoms with Crippen LogP contribution in [0.4, 0.5) is 5.69 Å². The number of hydrogen-bond acceptors (Lipinski definition) is 4. The fourth-order valence-electron chi connectivity index (χ4n) is 2.12. The van der Waals surface area contributed by atoms with Crippen LogP contribution in [-0.4, -0.2) is 31.4 Å². The Kier molecular flexibility index (Phi) is 4.91. The number of aromatic nitrogens is 1. The molecule has 2 aromatic rings. The van der Waals surface area contributed by atoms with Crippen molar-refractivity contribution in [2.24, 2.45) is 7.05 Å². The van der Waals surface area contributed by atoms with Gasteiger partial charge in [-0.05, 0) is 30.2 Å². The van der Waals surface area contributed by atoms with Crippen LogP contribution < -0.4 is 10.9 Å². The Morgan fingerprint density at radius 2 is 1.87 bits per heavy atom. The molecule has 124 valence electrons. The maximum Gasteiger partial charge on any atom is 0.250 e. The molecule has 6 nitrogen and oxygen atoms in total. The minimum absolute atomic E-state index is 0.0657. The molecule has 2 rings (SSSR count). The fourth-order valence-corrected chi connectivity index (χ4v) is 3.04. The second-order valence-electron chi connectivity index (χ2n) is 5.60. The number of nitrogens with one attached hydrogen (secondary N) is 1. The summed E-state index contributed by atoms with van der Waals surface area (Å²) in [5.74, 6) is 0. The fraction of sp³-hybridized carbons (Fsp3) is 0.312. The topological polar surface area (TPSA) is 71.4 Å². The molecule has 0 saturated heterocycles. The Morgan fingerprint density at radius 3 is 2.48 bits per heavy atom. The van der Waals surface area contributed by atoms with Gasteiger partial charge in [0.1, 0.15) is 0 Å². The van der Waals surface area contributed by atoms with Crippen molar-refractivity contribution in [3.63, 3.8) is 0 Å². The highest BCUT2D eigenvalue weighted by Gasteiger charge is 2.18. The summed E-state index contributed by atoms with van der Waals surface area (Å²) in [6, 6.07) is 8.27. The zero-order valence-corrected chi connectivity index (χ0v) is 14.5. The second kappa shape index (κ2) is 6.55. The molecular formula is C16H21N3O3S. The summed E-state index contributed by atoms with van der Waals surface area (Å²) in [5.41, 5.74) is 2.57. The maximum atomic E-state index is 12.2. The molecule has 1 aromatic heterocycles. The quantitative estimate of drug-likeness (QED) is 0.900. The number of benzene rings is 1. The van der Waals surface area contributed by atoms with Crippen molar-refractivity contribution in [2.45, 2.75) is 18.4 Å². The lowest BCUT2D eigenvalue weighted by molar-refractivity contribution is 0.521. The van der Waals surface area contributed by atoms with Gasteiger partial charge in [0.05, 0.1) is 4.90 Å². The lowest BCUT2D eigenvalue weighted by Crippen LogP contribution is -2.22. The molecule has 0 atom stereocenters. The number of anilines is 1. The van der Waals surface area contributed by atoms with E-state index in [1.165, 1.54) is 29.0 Å². The highest BCUT2D eigenvalue weighted by atomic mass is 32.2. The van der Waals surface area contributed by atoms with Gasteiger partial charge in [0.2, 0.25) is 15.6 Å². The predicted octanol–water partition coefficient (Wildman–Crippen LogP) is 1.56. The first-order valence-corrected chi connectivity index (χ1v) is 8.58. The van der Waals surface area contributed by atoms with Crippen molar-refractivity contribution in [1.29, 1.82) is 0 Å². The van der Waals surface area contributed by atoms with Gasteiger partial charge in [0, 0.05) is 45.6 Å². The van der Waals surface area contributed by atoms with Crippen LogP contribution in [0.1, 0.15) is 11.1 Å². The minimum atomic E-state index is -3.46. The van der Waals surface area contributed by atoms with Crippen LogP contribution in [0, 0.1) is 6.92 Å². The molecule has 0 saturated carbocycles. The molecule has 0 aliphatic heterocycles. The number of sulfonamides is 1. The number of nitrogens with zero attached hydrogens (tertiary/aromatic N) is 2. The molecule has 0 unspecified atom stereocenters. The molecule has 0 bridgehead atoms.